The van der Waals surface area contributed by atoms with Gasteiger partial charge in [-0.1, -0.05) is 42.5 Å². The molecule has 28 heavy (non-hydrogen) atoms. The SMILES string of the molecule is CCOc1ccccc1NC(=S)NC1C[C@H]2CC[C@@H](C1)N2Cc1ccccc1. The second-order valence-electron chi connectivity index (χ2n) is 7.74. The van der Waals surface area contributed by atoms with Gasteiger partial charge in [-0.2, -0.15) is 0 Å². The van der Waals surface area contributed by atoms with E-state index in [1.54, 1.807) is 0 Å². The molecular weight excluding hydrogens is 366 g/mol. The molecule has 2 N–H and O–H groups in total. The van der Waals surface area contributed by atoms with Crippen molar-refractivity contribution < 1.29 is 4.74 Å². The van der Waals surface area contributed by atoms with Gasteiger partial charge in [-0.25, -0.2) is 0 Å². The lowest BCUT2D eigenvalue weighted by Gasteiger charge is -2.39. The molecule has 2 fully saturated rings. The molecule has 2 aliphatic heterocycles. The average molecular weight is 396 g/mol. The minimum absolute atomic E-state index is 0.434. The second-order valence-corrected chi connectivity index (χ2v) is 8.15. The molecule has 2 aliphatic rings. The molecule has 2 aromatic rings. The number of piperidine rings is 1. The Morgan fingerprint density at radius 3 is 2.43 bits per heavy atom. The first kappa shape index (κ1) is 19.2. The Bertz CT molecular complexity index is 783. The Labute approximate surface area is 173 Å². The summed E-state index contributed by atoms with van der Waals surface area (Å²) >= 11 is 5.60. The highest BCUT2D eigenvalue weighted by atomic mass is 32.1. The van der Waals surface area contributed by atoms with E-state index in [4.69, 9.17) is 17.0 Å². The number of thiocarbonyl (C=S) groups is 1. The van der Waals surface area contributed by atoms with Crippen molar-refractivity contribution in [3.8, 4) is 5.75 Å². The molecule has 2 saturated heterocycles. The van der Waals surface area contributed by atoms with Gasteiger partial charge in [0.25, 0.3) is 0 Å². The van der Waals surface area contributed by atoms with Gasteiger partial charge in [0, 0.05) is 24.7 Å². The summed E-state index contributed by atoms with van der Waals surface area (Å²) in [6.07, 6.45) is 4.89. The Balaban J connectivity index is 1.33. The first-order valence-electron chi connectivity index (χ1n) is 10.3. The molecule has 4 rings (SSSR count). The molecule has 3 atom stereocenters. The van der Waals surface area contributed by atoms with Crippen LogP contribution in [0.5, 0.6) is 5.75 Å². The van der Waals surface area contributed by atoms with Crippen LogP contribution in [-0.2, 0) is 6.54 Å². The van der Waals surface area contributed by atoms with E-state index >= 15 is 0 Å². The topological polar surface area (TPSA) is 36.5 Å². The minimum Gasteiger partial charge on any atom is -0.492 e. The zero-order valence-electron chi connectivity index (χ0n) is 16.4. The van der Waals surface area contributed by atoms with Crippen LogP contribution in [0, 0.1) is 0 Å². The van der Waals surface area contributed by atoms with Crippen molar-refractivity contribution >= 4 is 23.0 Å². The normalized spacial score (nSPS) is 24.0. The van der Waals surface area contributed by atoms with Gasteiger partial charge >= 0.3 is 0 Å². The van der Waals surface area contributed by atoms with E-state index in [9.17, 15) is 0 Å². The van der Waals surface area contributed by atoms with Crippen molar-refractivity contribution in [3.05, 3.63) is 60.2 Å². The molecule has 0 aliphatic carbocycles. The van der Waals surface area contributed by atoms with Crippen LogP contribution in [0.3, 0.4) is 0 Å². The van der Waals surface area contributed by atoms with E-state index in [-0.39, 0.29) is 0 Å². The molecule has 148 valence electrons. The quantitative estimate of drug-likeness (QED) is 0.701. The number of hydrogen-bond acceptors (Lipinski definition) is 3. The lowest BCUT2D eigenvalue weighted by molar-refractivity contribution is 0.115. The molecule has 0 radical (unpaired) electrons. The van der Waals surface area contributed by atoms with E-state index in [2.05, 4.69) is 45.9 Å². The third-order valence-corrected chi connectivity index (χ3v) is 6.08. The van der Waals surface area contributed by atoms with E-state index in [0.717, 1.165) is 30.8 Å². The highest BCUT2D eigenvalue weighted by Crippen LogP contribution is 2.37. The molecule has 2 heterocycles. The van der Waals surface area contributed by atoms with Crippen molar-refractivity contribution in [3.63, 3.8) is 0 Å². The predicted octanol–water partition coefficient (Wildman–Crippen LogP) is 4.57. The third-order valence-electron chi connectivity index (χ3n) is 5.86. The van der Waals surface area contributed by atoms with Crippen LogP contribution >= 0.6 is 12.2 Å². The number of fused-ring (bicyclic) bond motifs is 2. The molecule has 4 nitrogen and oxygen atoms in total. The van der Waals surface area contributed by atoms with E-state index in [1.165, 1.54) is 18.4 Å². The molecular formula is C23H29N3OS. The van der Waals surface area contributed by atoms with Crippen LogP contribution in [-0.4, -0.2) is 34.7 Å². The van der Waals surface area contributed by atoms with Crippen molar-refractivity contribution in [2.75, 3.05) is 11.9 Å². The van der Waals surface area contributed by atoms with Crippen LogP contribution in [0.2, 0.25) is 0 Å². The monoisotopic (exact) mass is 395 g/mol. The van der Waals surface area contributed by atoms with Crippen LogP contribution < -0.4 is 15.4 Å². The average Bonchev–Trinajstić information content (AvgIpc) is 2.93. The number of rotatable bonds is 6. The van der Waals surface area contributed by atoms with Crippen LogP contribution in [0.15, 0.2) is 54.6 Å². The zero-order valence-corrected chi connectivity index (χ0v) is 17.3. The van der Waals surface area contributed by atoms with Gasteiger partial charge in [0.1, 0.15) is 5.75 Å². The number of hydrogen-bond donors (Lipinski definition) is 2. The van der Waals surface area contributed by atoms with Crippen molar-refractivity contribution in [2.45, 2.75) is 57.3 Å². The summed E-state index contributed by atoms with van der Waals surface area (Å²) in [7, 11) is 0. The van der Waals surface area contributed by atoms with E-state index in [0.29, 0.717) is 29.8 Å². The van der Waals surface area contributed by atoms with Gasteiger partial charge in [-0.3, -0.25) is 4.90 Å². The first-order valence-corrected chi connectivity index (χ1v) is 10.7. The van der Waals surface area contributed by atoms with E-state index in [1.807, 2.05) is 31.2 Å². The Hall–Kier alpha value is -2.11. The zero-order chi connectivity index (χ0) is 19.3. The summed E-state index contributed by atoms with van der Waals surface area (Å²) < 4.78 is 5.69. The van der Waals surface area contributed by atoms with Gasteiger partial charge < -0.3 is 15.4 Å². The van der Waals surface area contributed by atoms with Crippen LogP contribution in [0.1, 0.15) is 38.2 Å². The van der Waals surface area contributed by atoms with Gasteiger partial charge in [0.2, 0.25) is 0 Å². The largest absolute Gasteiger partial charge is 0.492 e. The fourth-order valence-corrected chi connectivity index (χ4v) is 4.92. The first-order chi connectivity index (χ1) is 13.7. The molecule has 0 saturated carbocycles. The number of benzene rings is 2. The maximum absolute atomic E-state index is 5.69. The van der Waals surface area contributed by atoms with Crippen molar-refractivity contribution in [1.29, 1.82) is 0 Å². The summed E-state index contributed by atoms with van der Waals surface area (Å²) in [6, 6.07) is 20.5. The fraction of sp³-hybridized carbons (Fsp3) is 0.435. The molecule has 5 heteroatoms. The summed E-state index contributed by atoms with van der Waals surface area (Å²) in [6.45, 7) is 3.70. The predicted molar refractivity (Wildman–Crippen MR) is 119 cm³/mol. The molecule has 0 amide bonds. The van der Waals surface area contributed by atoms with Gasteiger partial charge in [-0.15, -0.1) is 0 Å². The molecule has 2 bridgehead atoms. The van der Waals surface area contributed by atoms with Crippen LogP contribution in [0.4, 0.5) is 5.69 Å². The van der Waals surface area contributed by atoms with E-state index < -0.39 is 0 Å². The maximum atomic E-state index is 5.69. The molecule has 2 aromatic carbocycles. The highest BCUT2D eigenvalue weighted by Gasteiger charge is 2.40. The smallest absolute Gasteiger partial charge is 0.171 e. The lowest BCUT2D eigenvalue weighted by atomic mass is 9.96. The van der Waals surface area contributed by atoms with Crippen molar-refractivity contribution in [1.82, 2.24) is 10.2 Å². The van der Waals surface area contributed by atoms with Crippen molar-refractivity contribution in [2.24, 2.45) is 0 Å². The summed E-state index contributed by atoms with van der Waals surface area (Å²) in [5, 5.41) is 7.57. The molecule has 1 unspecified atom stereocenters. The number of nitrogens with zero attached hydrogens (tertiary/aromatic N) is 1. The standard InChI is InChI=1S/C23H29N3OS/c1-2-27-22-11-7-6-10-21(22)25-23(28)24-18-14-19-12-13-20(15-18)26(19)16-17-8-4-3-5-9-17/h3-11,18-20H,2,12-16H2,1H3,(H2,24,25,28)/t18?,19-,20+. The summed E-state index contributed by atoms with van der Waals surface area (Å²) in [4.78, 5) is 2.70. The number of nitrogens with one attached hydrogen (secondary N) is 2. The maximum Gasteiger partial charge on any atom is 0.171 e. The Morgan fingerprint density at radius 1 is 1.04 bits per heavy atom. The van der Waals surface area contributed by atoms with Crippen LogP contribution in [0.25, 0.3) is 0 Å². The number of anilines is 1. The Kier molecular flexibility index (Phi) is 6.13. The van der Waals surface area contributed by atoms with Gasteiger partial charge in [-0.05, 0) is 62.5 Å². The molecule has 0 aromatic heterocycles. The second kappa shape index (κ2) is 8.93. The lowest BCUT2D eigenvalue weighted by Crippen LogP contribution is -2.50. The summed E-state index contributed by atoms with van der Waals surface area (Å²) in [5.41, 5.74) is 2.34. The Morgan fingerprint density at radius 2 is 1.71 bits per heavy atom. The number of ether oxygens (including phenoxy) is 1. The summed E-state index contributed by atoms with van der Waals surface area (Å²) in [5.74, 6) is 0.840. The third kappa shape index (κ3) is 4.47. The minimum atomic E-state index is 0.434. The fourth-order valence-electron chi connectivity index (χ4n) is 4.64. The number of para-hydroxylation sites is 2. The highest BCUT2D eigenvalue weighted by molar-refractivity contribution is 7.80. The van der Waals surface area contributed by atoms with Gasteiger partial charge in [0.05, 0.1) is 12.3 Å². The molecule has 0 spiro atoms. The van der Waals surface area contributed by atoms with Gasteiger partial charge in [0.15, 0.2) is 5.11 Å².